The number of hydrogen-bond donors (Lipinski definition) is 1. The molecule has 4 heterocycles. The van der Waals surface area contributed by atoms with Gasteiger partial charge in [-0.25, -0.2) is 9.97 Å². The number of ether oxygens (including phenoxy) is 1. The zero-order valence-electron chi connectivity index (χ0n) is 16.0. The molecule has 0 saturated carbocycles. The number of carbonyl (C=O) groups is 1. The molecule has 152 valence electrons. The first kappa shape index (κ1) is 20.5. The summed E-state index contributed by atoms with van der Waals surface area (Å²) in [4.78, 5) is 25.7. The molecule has 10 heteroatoms. The monoisotopic (exact) mass is 407 g/mol. The fourth-order valence-electron chi connectivity index (χ4n) is 3.67. The van der Waals surface area contributed by atoms with Crippen molar-refractivity contribution in [3.05, 3.63) is 35.4 Å². The van der Waals surface area contributed by atoms with E-state index < -0.39 is 0 Å². The Morgan fingerprint density at radius 1 is 1.21 bits per heavy atom. The Morgan fingerprint density at radius 3 is 2.68 bits per heavy atom. The van der Waals surface area contributed by atoms with Gasteiger partial charge in [-0.05, 0) is 6.07 Å². The van der Waals surface area contributed by atoms with Crippen LogP contribution in [0.2, 0.25) is 0 Å². The van der Waals surface area contributed by atoms with E-state index in [0.29, 0.717) is 38.5 Å². The van der Waals surface area contributed by atoms with Crippen LogP contribution in [-0.4, -0.2) is 77.0 Å². The van der Waals surface area contributed by atoms with Crippen molar-refractivity contribution in [2.75, 3.05) is 51.3 Å². The predicted molar refractivity (Wildman–Crippen MR) is 107 cm³/mol. The number of amides is 1. The van der Waals surface area contributed by atoms with Gasteiger partial charge < -0.3 is 19.9 Å². The molecule has 0 aromatic carbocycles. The lowest BCUT2D eigenvalue weighted by Crippen LogP contribution is -2.49. The summed E-state index contributed by atoms with van der Waals surface area (Å²) in [6.07, 6.45) is 4.37. The average molecular weight is 408 g/mol. The second-order valence-corrected chi connectivity index (χ2v) is 6.74. The molecule has 1 N–H and O–H groups in total. The van der Waals surface area contributed by atoms with Gasteiger partial charge in [0.1, 0.15) is 0 Å². The molecule has 1 fully saturated rings. The number of rotatable bonds is 5. The van der Waals surface area contributed by atoms with E-state index in [-0.39, 0.29) is 18.3 Å². The minimum Gasteiger partial charge on any atom is -0.383 e. The third-order valence-corrected chi connectivity index (χ3v) is 5.12. The molecule has 0 radical (unpaired) electrons. The van der Waals surface area contributed by atoms with Crippen molar-refractivity contribution in [3.8, 4) is 0 Å². The van der Waals surface area contributed by atoms with Crippen molar-refractivity contribution in [1.82, 2.24) is 30.0 Å². The van der Waals surface area contributed by atoms with Gasteiger partial charge in [0.2, 0.25) is 5.95 Å². The largest absolute Gasteiger partial charge is 0.383 e. The fraction of sp³-hybridized carbons (Fsp3) is 0.556. The summed E-state index contributed by atoms with van der Waals surface area (Å²) in [5.41, 5.74) is 2.78. The van der Waals surface area contributed by atoms with Crippen LogP contribution in [0.1, 0.15) is 21.7 Å². The van der Waals surface area contributed by atoms with Gasteiger partial charge >= 0.3 is 0 Å². The van der Waals surface area contributed by atoms with Gasteiger partial charge in [0, 0.05) is 76.5 Å². The summed E-state index contributed by atoms with van der Waals surface area (Å²) in [5, 5.41) is 8.01. The van der Waals surface area contributed by atoms with E-state index in [1.807, 2.05) is 9.58 Å². The lowest BCUT2D eigenvalue weighted by molar-refractivity contribution is 0.0737. The van der Waals surface area contributed by atoms with Crippen LogP contribution in [0.5, 0.6) is 0 Å². The Labute approximate surface area is 170 Å². The summed E-state index contributed by atoms with van der Waals surface area (Å²) in [7, 11) is 1.68. The van der Waals surface area contributed by atoms with Gasteiger partial charge in [-0.1, -0.05) is 0 Å². The number of hydrogen-bond acceptors (Lipinski definition) is 7. The van der Waals surface area contributed by atoms with Crippen LogP contribution in [0.3, 0.4) is 0 Å². The highest BCUT2D eigenvalue weighted by atomic mass is 35.5. The normalized spacial score (nSPS) is 16.5. The number of anilines is 1. The van der Waals surface area contributed by atoms with E-state index in [1.165, 1.54) is 0 Å². The number of nitrogens with one attached hydrogen (secondary N) is 1. The van der Waals surface area contributed by atoms with Crippen molar-refractivity contribution in [1.29, 1.82) is 0 Å². The van der Waals surface area contributed by atoms with Gasteiger partial charge in [0.15, 0.2) is 5.69 Å². The highest BCUT2D eigenvalue weighted by Gasteiger charge is 2.30. The zero-order chi connectivity index (χ0) is 18.6. The van der Waals surface area contributed by atoms with Crippen molar-refractivity contribution in [2.45, 2.75) is 19.5 Å². The van der Waals surface area contributed by atoms with Crippen molar-refractivity contribution in [3.63, 3.8) is 0 Å². The maximum atomic E-state index is 13.1. The molecule has 0 aliphatic carbocycles. The van der Waals surface area contributed by atoms with Crippen molar-refractivity contribution in [2.24, 2.45) is 0 Å². The highest BCUT2D eigenvalue weighted by Crippen LogP contribution is 2.21. The molecule has 1 amide bonds. The number of halogens is 1. The van der Waals surface area contributed by atoms with Gasteiger partial charge in [0.25, 0.3) is 5.91 Å². The van der Waals surface area contributed by atoms with E-state index >= 15 is 0 Å². The first-order valence-electron chi connectivity index (χ1n) is 9.37. The number of methoxy groups -OCH3 is 1. The summed E-state index contributed by atoms with van der Waals surface area (Å²) in [6.45, 7) is 5.60. The molecule has 0 unspecified atom stereocenters. The van der Waals surface area contributed by atoms with Crippen LogP contribution >= 0.6 is 12.4 Å². The first-order chi connectivity index (χ1) is 13.3. The van der Waals surface area contributed by atoms with Gasteiger partial charge in [0.05, 0.1) is 13.2 Å². The molecule has 2 aromatic rings. The van der Waals surface area contributed by atoms with Crippen molar-refractivity contribution >= 4 is 24.3 Å². The van der Waals surface area contributed by atoms with Gasteiger partial charge in [-0.15, -0.1) is 12.4 Å². The Kier molecular flexibility index (Phi) is 6.82. The lowest BCUT2D eigenvalue weighted by Gasteiger charge is -2.34. The van der Waals surface area contributed by atoms with Crippen LogP contribution in [0.25, 0.3) is 0 Å². The third-order valence-electron chi connectivity index (χ3n) is 5.12. The minimum atomic E-state index is 0. The lowest BCUT2D eigenvalue weighted by atomic mass is 10.1. The standard InChI is InChI=1S/C18H25N7O2.ClH/c1-27-12-11-25-15-3-6-19-13-14(15)16(22-25)17(26)23-7-9-24(10-8-23)18-20-4-2-5-21-18;/h2,4-5,19H,3,6-13H2,1H3;1H. The summed E-state index contributed by atoms with van der Waals surface area (Å²) >= 11 is 0. The predicted octanol–water partition coefficient (Wildman–Crippen LogP) is 0.349. The highest BCUT2D eigenvalue weighted by molar-refractivity contribution is 5.94. The second-order valence-electron chi connectivity index (χ2n) is 6.74. The van der Waals surface area contributed by atoms with E-state index in [4.69, 9.17) is 4.74 Å². The first-order valence-corrected chi connectivity index (χ1v) is 9.37. The molecule has 9 nitrogen and oxygen atoms in total. The number of fused-ring (bicyclic) bond motifs is 1. The zero-order valence-corrected chi connectivity index (χ0v) is 16.8. The molecular formula is C18H26ClN7O2. The number of piperazine rings is 1. The number of carbonyl (C=O) groups excluding carboxylic acids is 1. The molecule has 0 atom stereocenters. The third kappa shape index (κ3) is 4.11. The van der Waals surface area contributed by atoms with Gasteiger partial charge in [-0.2, -0.15) is 5.10 Å². The molecule has 2 aliphatic heterocycles. The quantitative estimate of drug-likeness (QED) is 0.765. The van der Waals surface area contributed by atoms with Crippen LogP contribution in [0.15, 0.2) is 18.5 Å². The van der Waals surface area contributed by atoms with E-state index in [0.717, 1.165) is 43.3 Å². The average Bonchev–Trinajstić information content (AvgIpc) is 3.11. The number of aromatic nitrogens is 4. The topological polar surface area (TPSA) is 88.4 Å². The molecule has 1 saturated heterocycles. The van der Waals surface area contributed by atoms with Crippen LogP contribution in [0, 0.1) is 0 Å². The molecule has 0 spiro atoms. The number of nitrogens with zero attached hydrogens (tertiary/aromatic N) is 6. The summed E-state index contributed by atoms with van der Waals surface area (Å²) in [5.74, 6) is 0.731. The van der Waals surface area contributed by atoms with E-state index in [1.54, 1.807) is 25.6 Å². The van der Waals surface area contributed by atoms with Crippen LogP contribution in [-0.2, 0) is 24.2 Å². The van der Waals surface area contributed by atoms with E-state index in [2.05, 4.69) is 25.3 Å². The SMILES string of the molecule is COCCn1nc(C(=O)N2CCN(c3ncccn3)CC2)c2c1CCNC2.Cl. The molecular weight excluding hydrogens is 382 g/mol. The van der Waals surface area contributed by atoms with E-state index in [9.17, 15) is 4.79 Å². The smallest absolute Gasteiger partial charge is 0.274 e. The molecule has 0 bridgehead atoms. The Bertz CT molecular complexity index is 791. The maximum Gasteiger partial charge on any atom is 0.274 e. The summed E-state index contributed by atoms with van der Waals surface area (Å²) in [6, 6.07) is 1.81. The molecule has 28 heavy (non-hydrogen) atoms. The Morgan fingerprint density at radius 2 is 1.96 bits per heavy atom. The minimum absolute atomic E-state index is 0. The van der Waals surface area contributed by atoms with Gasteiger partial charge in [-0.3, -0.25) is 9.48 Å². The Balaban J connectivity index is 0.00000225. The summed E-state index contributed by atoms with van der Waals surface area (Å²) < 4.78 is 7.13. The second kappa shape index (κ2) is 9.31. The molecule has 2 aromatic heterocycles. The van der Waals surface area contributed by atoms with Crippen molar-refractivity contribution < 1.29 is 9.53 Å². The molecule has 4 rings (SSSR count). The maximum absolute atomic E-state index is 13.1. The Hall–Kier alpha value is -2.23. The molecule has 2 aliphatic rings. The van der Waals surface area contributed by atoms with Crippen LogP contribution in [0.4, 0.5) is 5.95 Å². The fourth-order valence-corrected chi connectivity index (χ4v) is 3.67. The van der Waals surface area contributed by atoms with Crippen LogP contribution < -0.4 is 10.2 Å².